The molecule has 0 saturated carbocycles. The van der Waals surface area contributed by atoms with Gasteiger partial charge < -0.3 is 15.2 Å². The lowest BCUT2D eigenvalue weighted by Gasteiger charge is -2.04. The molecule has 0 radical (unpaired) electrons. The van der Waals surface area contributed by atoms with Crippen LogP contribution in [0, 0.1) is 0 Å². The predicted molar refractivity (Wildman–Crippen MR) is 88.9 cm³/mol. The highest BCUT2D eigenvalue weighted by molar-refractivity contribution is 5.94. The number of nitrogens with zero attached hydrogens (tertiary/aromatic N) is 2. The van der Waals surface area contributed by atoms with Crippen molar-refractivity contribution in [3.8, 4) is 5.69 Å². The molecular weight excluding hydrogens is 292 g/mol. The van der Waals surface area contributed by atoms with Crippen LogP contribution in [0.3, 0.4) is 0 Å². The minimum atomic E-state index is -0.296. The number of hydrogen-bond acceptors (Lipinski definition) is 3. The molecule has 2 aromatic rings. The third-order valence-corrected chi connectivity index (χ3v) is 3.12. The Labute approximate surface area is 135 Å². The van der Waals surface area contributed by atoms with Gasteiger partial charge in [-0.15, -0.1) is 0 Å². The normalized spacial score (nSPS) is 10.7. The van der Waals surface area contributed by atoms with Gasteiger partial charge in [0.15, 0.2) is 0 Å². The zero-order valence-electron chi connectivity index (χ0n) is 13.0. The Morgan fingerprint density at radius 2 is 2.00 bits per heavy atom. The number of carbonyl (C=O) groups is 2. The van der Waals surface area contributed by atoms with Crippen molar-refractivity contribution in [1.82, 2.24) is 20.2 Å². The number of hydrogen-bond donors (Lipinski definition) is 2. The van der Waals surface area contributed by atoms with Crippen LogP contribution >= 0.6 is 0 Å². The van der Waals surface area contributed by atoms with Gasteiger partial charge in [-0.05, 0) is 30.2 Å². The molecule has 6 nitrogen and oxygen atoms in total. The number of aromatic nitrogens is 2. The number of rotatable bonds is 7. The zero-order valence-corrected chi connectivity index (χ0v) is 13.0. The average Bonchev–Trinajstić information content (AvgIpc) is 3.11. The summed E-state index contributed by atoms with van der Waals surface area (Å²) in [6, 6.07) is 7.70. The van der Waals surface area contributed by atoms with Gasteiger partial charge in [-0.1, -0.05) is 19.1 Å². The lowest BCUT2D eigenvalue weighted by Crippen LogP contribution is -2.36. The SMILES string of the molecule is CCCNC(=O)CNC(=O)/C=C/c1ccc(-n2ccnc2)cc1. The average molecular weight is 312 g/mol. The molecule has 1 aromatic heterocycles. The fourth-order valence-corrected chi connectivity index (χ4v) is 1.89. The minimum Gasteiger partial charge on any atom is -0.355 e. The quantitative estimate of drug-likeness (QED) is 0.761. The van der Waals surface area contributed by atoms with Gasteiger partial charge in [0.05, 0.1) is 12.9 Å². The van der Waals surface area contributed by atoms with Gasteiger partial charge in [0.25, 0.3) is 0 Å². The van der Waals surface area contributed by atoms with Crippen molar-refractivity contribution < 1.29 is 9.59 Å². The topological polar surface area (TPSA) is 76.0 Å². The maximum atomic E-state index is 11.7. The standard InChI is InChI=1S/C17H20N4O2/c1-2-9-19-17(23)12-20-16(22)8-5-14-3-6-15(7-4-14)21-11-10-18-13-21/h3-8,10-11,13H,2,9,12H2,1H3,(H,19,23)(H,20,22)/b8-5+. The summed E-state index contributed by atoms with van der Waals surface area (Å²) in [5.74, 6) is -0.478. The molecule has 0 aliphatic rings. The van der Waals surface area contributed by atoms with E-state index in [1.54, 1.807) is 18.6 Å². The van der Waals surface area contributed by atoms with Crippen LogP contribution in [-0.2, 0) is 9.59 Å². The van der Waals surface area contributed by atoms with E-state index in [1.165, 1.54) is 6.08 Å². The molecule has 2 rings (SSSR count). The van der Waals surface area contributed by atoms with E-state index in [0.29, 0.717) is 6.54 Å². The van der Waals surface area contributed by atoms with Gasteiger partial charge in [-0.2, -0.15) is 0 Å². The van der Waals surface area contributed by atoms with Crippen LogP contribution in [-0.4, -0.2) is 34.5 Å². The van der Waals surface area contributed by atoms with Crippen molar-refractivity contribution in [2.45, 2.75) is 13.3 Å². The second kappa shape index (κ2) is 8.53. The third-order valence-electron chi connectivity index (χ3n) is 3.12. The monoisotopic (exact) mass is 312 g/mol. The van der Waals surface area contributed by atoms with E-state index < -0.39 is 0 Å². The minimum absolute atomic E-state index is 0.0112. The second-order valence-corrected chi connectivity index (χ2v) is 4.96. The van der Waals surface area contributed by atoms with E-state index >= 15 is 0 Å². The molecule has 0 bridgehead atoms. The predicted octanol–water partition coefficient (Wildman–Crippen LogP) is 1.53. The molecule has 0 unspecified atom stereocenters. The van der Waals surface area contributed by atoms with Crippen LogP contribution in [0.25, 0.3) is 11.8 Å². The number of imidazole rings is 1. The fourth-order valence-electron chi connectivity index (χ4n) is 1.89. The van der Waals surface area contributed by atoms with Crippen LogP contribution in [0.15, 0.2) is 49.1 Å². The van der Waals surface area contributed by atoms with Crippen LogP contribution in [0.1, 0.15) is 18.9 Å². The molecular formula is C17H20N4O2. The molecule has 23 heavy (non-hydrogen) atoms. The highest BCUT2D eigenvalue weighted by atomic mass is 16.2. The number of amides is 2. The first-order chi connectivity index (χ1) is 11.2. The molecule has 120 valence electrons. The van der Waals surface area contributed by atoms with E-state index in [2.05, 4.69) is 15.6 Å². The summed E-state index contributed by atoms with van der Waals surface area (Å²) in [5.41, 5.74) is 1.90. The lowest BCUT2D eigenvalue weighted by atomic mass is 10.2. The molecule has 1 aromatic carbocycles. The Hall–Kier alpha value is -2.89. The van der Waals surface area contributed by atoms with E-state index in [1.807, 2.05) is 42.0 Å². The summed E-state index contributed by atoms with van der Waals surface area (Å²) >= 11 is 0. The lowest BCUT2D eigenvalue weighted by molar-refractivity contribution is -0.123. The Morgan fingerprint density at radius 3 is 2.65 bits per heavy atom. The molecule has 0 saturated heterocycles. The van der Waals surface area contributed by atoms with Gasteiger partial charge in [0, 0.05) is 30.7 Å². The maximum absolute atomic E-state index is 11.7. The highest BCUT2D eigenvalue weighted by Crippen LogP contribution is 2.10. The summed E-state index contributed by atoms with van der Waals surface area (Å²) in [6.07, 6.45) is 9.30. The van der Waals surface area contributed by atoms with Crippen LogP contribution in [0.5, 0.6) is 0 Å². The largest absolute Gasteiger partial charge is 0.355 e. The molecule has 0 aliphatic carbocycles. The number of carbonyl (C=O) groups excluding carboxylic acids is 2. The van der Waals surface area contributed by atoms with Crippen molar-refractivity contribution in [2.24, 2.45) is 0 Å². The molecule has 0 atom stereocenters. The van der Waals surface area contributed by atoms with Crippen molar-refractivity contribution in [1.29, 1.82) is 0 Å². The third kappa shape index (κ3) is 5.43. The van der Waals surface area contributed by atoms with Crippen LogP contribution < -0.4 is 10.6 Å². The Balaban J connectivity index is 1.82. The molecule has 0 fully saturated rings. The molecule has 0 aliphatic heterocycles. The van der Waals surface area contributed by atoms with Gasteiger partial charge in [-0.25, -0.2) is 4.98 Å². The van der Waals surface area contributed by atoms with E-state index in [0.717, 1.165) is 17.7 Å². The van der Waals surface area contributed by atoms with Gasteiger partial charge >= 0.3 is 0 Å². The fraction of sp³-hybridized carbons (Fsp3) is 0.235. The van der Waals surface area contributed by atoms with E-state index in [4.69, 9.17) is 0 Å². The summed E-state index contributed by atoms with van der Waals surface area (Å²) in [5, 5.41) is 5.24. The van der Waals surface area contributed by atoms with E-state index in [9.17, 15) is 9.59 Å². The van der Waals surface area contributed by atoms with Gasteiger partial charge in [0.2, 0.25) is 11.8 Å². The van der Waals surface area contributed by atoms with Crippen molar-refractivity contribution >= 4 is 17.9 Å². The first kappa shape index (κ1) is 16.5. The number of nitrogens with one attached hydrogen (secondary N) is 2. The Kier molecular flexibility index (Phi) is 6.11. The molecule has 2 N–H and O–H groups in total. The zero-order chi connectivity index (χ0) is 16.5. The van der Waals surface area contributed by atoms with Gasteiger partial charge in [-0.3, -0.25) is 9.59 Å². The van der Waals surface area contributed by atoms with Crippen LogP contribution in [0.4, 0.5) is 0 Å². The molecule has 0 spiro atoms. The maximum Gasteiger partial charge on any atom is 0.244 e. The summed E-state index contributed by atoms with van der Waals surface area (Å²) in [4.78, 5) is 27.0. The molecule has 6 heteroatoms. The highest BCUT2D eigenvalue weighted by Gasteiger charge is 2.01. The summed E-state index contributed by atoms with van der Waals surface area (Å²) in [6.45, 7) is 2.58. The Morgan fingerprint density at radius 1 is 1.22 bits per heavy atom. The van der Waals surface area contributed by atoms with Crippen molar-refractivity contribution in [3.05, 3.63) is 54.6 Å². The number of benzene rings is 1. The van der Waals surface area contributed by atoms with E-state index in [-0.39, 0.29) is 18.4 Å². The van der Waals surface area contributed by atoms with Crippen molar-refractivity contribution in [2.75, 3.05) is 13.1 Å². The second-order valence-electron chi connectivity index (χ2n) is 4.96. The summed E-state index contributed by atoms with van der Waals surface area (Å²) < 4.78 is 1.90. The Bertz CT molecular complexity index is 660. The van der Waals surface area contributed by atoms with Crippen LogP contribution in [0.2, 0.25) is 0 Å². The molecule has 2 amide bonds. The van der Waals surface area contributed by atoms with Crippen molar-refractivity contribution in [3.63, 3.8) is 0 Å². The summed E-state index contributed by atoms with van der Waals surface area (Å²) in [7, 11) is 0. The van der Waals surface area contributed by atoms with Gasteiger partial charge in [0.1, 0.15) is 0 Å². The molecule has 1 heterocycles. The first-order valence-electron chi connectivity index (χ1n) is 7.50. The smallest absolute Gasteiger partial charge is 0.244 e. The first-order valence-corrected chi connectivity index (χ1v) is 7.50.